The number of hydrogen-bond donors (Lipinski definition) is 0. The largest absolute Gasteiger partial charge is 0.459 e. The molecule has 6 aromatic rings. The number of carbonyl (C=O) groups excluding carboxylic acids is 1. The molecule has 6 rings (SSSR count). The molecule has 3 aromatic heterocycles. The Balaban J connectivity index is 1.59. The van der Waals surface area contributed by atoms with Crippen molar-refractivity contribution >= 4 is 34.3 Å². The summed E-state index contributed by atoms with van der Waals surface area (Å²) in [5, 5.41) is 14.5. The van der Waals surface area contributed by atoms with Gasteiger partial charge in [0.25, 0.3) is 0 Å². The van der Waals surface area contributed by atoms with Crippen molar-refractivity contribution in [3.8, 4) is 28.5 Å². The summed E-state index contributed by atoms with van der Waals surface area (Å²) in [7, 11) is 0. The first kappa shape index (κ1) is 21.9. The van der Waals surface area contributed by atoms with Crippen molar-refractivity contribution in [1.82, 2.24) is 29.4 Å². The Hall–Kier alpha value is -4.56. The smallest absolute Gasteiger partial charge is 0.303 e. The Labute approximate surface area is 210 Å². The van der Waals surface area contributed by atoms with Crippen molar-refractivity contribution in [1.29, 1.82) is 0 Å². The van der Waals surface area contributed by atoms with Crippen LogP contribution in [0.2, 0.25) is 5.02 Å². The molecule has 176 valence electrons. The monoisotopic (exact) mass is 494 g/mol. The van der Waals surface area contributed by atoms with Gasteiger partial charge in [0.15, 0.2) is 11.5 Å². The summed E-state index contributed by atoms with van der Waals surface area (Å²) >= 11 is 6.11. The topological polar surface area (TPSA) is 87.2 Å². The van der Waals surface area contributed by atoms with Crippen LogP contribution in [0.25, 0.3) is 45.1 Å². The van der Waals surface area contributed by atoms with Crippen LogP contribution in [0.1, 0.15) is 12.6 Å². The van der Waals surface area contributed by atoms with Crippen LogP contribution in [0.4, 0.5) is 0 Å². The van der Waals surface area contributed by atoms with Crippen molar-refractivity contribution in [2.75, 3.05) is 0 Å². The van der Waals surface area contributed by atoms with Gasteiger partial charge in [-0.1, -0.05) is 41.9 Å². The number of benzene rings is 3. The van der Waals surface area contributed by atoms with Gasteiger partial charge in [-0.05, 0) is 54.6 Å². The van der Waals surface area contributed by atoms with Gasteiger partial charge >= 0.3 is 5.97 Å². The number of para-hydroxylation sites is 3. The highest BCUT2D eigenvalue weighted by Crippen LogP contribution is 2.30. The van der Waals surface area contributed by atoms with Gasteiger partial charge in [-0.2, -0.15) is 5.10 Å². The van der Waals surface area contributed by atoms with Crippen LogP contribution in [0.5, 0.6) is 0 Å². The Morgan fingerprint density at radius 1 is 0.944 bits per heavy atom. The zero-order valence-corrected chi connectivity index (χ0v) is 19.9. The average Bonchev–Trinajstić information content (AvgIpc) is 3.53. The van der Waals surface area contributed by atoms with E-state index in [0.717, 1.165) is 22.3 Å². The van der Waals surface area contributed by atoms with Crippen molar-refractivity contribution in [3.05, 3.63) is 95.6 Å². The predicted molar refractivity (Wildman–Crippen MR) is 137 cm³/mol. The van der Waals surface area contributed by atoms with E-state index in [0.29, 0.717) is 33.6 Å². The third-order valence-electron chi connectivity index (χ3n) is 5.78. The first-order valence-electron chi connectivity index (χ1n) is 11.3. The van der Waals surface area contributed by atoms with E-state index in [1.165, 1.54) is 6.92 Å². The van der Waals surface area contributed by atoms with Crippen LogP contribution in [-0.4, -0.2) is 35.3 Å². The number of halogens is 1. The molecule has 0 saturated carbocycles. The lowest BCUT2D eigenvalue weighted by atomic mass is 10.2. The summed E-state index contributed by atoms with van der Waals surface area (Å²) in [6.45, 7) is 1.46. The molecule has 0 saturated heterocycles. The van der Waals surface area contributed by atoms with Crippen molar-refractivity contribution < 1.29 is 9.53 Å². The zero-order valence-electron chi connectivity index (χ0n) is 19.2. The summed E-state index contributed by atoms with van der Waals surface area (Å²) < 4.78 is 9.04. The van der Waals surface area contributed by atoms with E-state index in [9.17, 15) is 4.79 Å². The predicted octanol–water partition coefficient (Wildman–Crippen LogP) is 5.51. The number of rotatable bonds is 5. The molecule has 0 fully saturated rings. The highest BCUT2D eigenvalue weighted by Gasteiger charge is 2.21. The zero-order chi connectivity index (χ0) is 24.6. The Morgan fingerprint density at radius 2 is 1.69 bits per heavy atom. The van der Waals surface area contributed by atoms with E-state index in [4.69, 9.17) is 26.4 Å². The molecule has 36 heavy (non-hydrogen) atoms. The number of aromatic nitrogens is 6. The maximum Gasteiger partial charge on any atom is 0.303 e. The minimum absolute atomic E-state index is 0.0732. The van der Waals surface area contributed by atoms with E-state index in [-0.39, 0.29) is 12.6 Å². The van der Waals surface area contributed by atoms with Crippen LogP contribution < -0.4 is 0 Å². The number of fused-ring (bicyclic) bond motifs is 3. The molecule has 0 amide bonds. The van der Waals surface area contributed by atoms with Gasteiger partial charge in [0.1, 0.15) is 18.0 Å². The number of hydrogen-bond acceptors (Lipinski definition) is 6. The molecule has 0 spiro atoms. The maximum atomic E-state index is 11.5. The third kappa shape index (κ3) is 3.87. The molecular weight excluding hydrogens is 476 g/mol. The SMILES string of the molecule is CC(=O)OCc1cc(-c2nc3ccccc3n3c(-c4ccc(Cl)cc4)nnc23)nn1-c1ccccc1. The van der Waals surface area contributed by atoms with Crippen LogP contribution in [0.15, 0.2) is 84.9 Å². The molecular formula is C27H19ClN6O2. The summed E-state index contributed by atoms with van der Waals surface area (Å²) in [6.07, 6.45) is 0. The van der Waals surface area contributed by atoms with E-state index in [1.807, 2.05) is 89.3 Å². The Kier molecular flexibility index (Phi) is 5.42. The van der Waals surface area contributed by atoms with Gasteiger partial charge in [0.05, 0.1) is 22.4 Å². The highest BCUT2D eigenvalue weighted by atomic mass is 35.5. The molecule has 9 heteroatoms. The van der Waals surface area contributed by atoms with Crippen LogP contribution >= 0.6 is 11.6 Å². The first-order chi connectivity index (χ1) is 17.6. The lowest BCUT2D eigenvalue weighted by molar-refractivity contribution is -0.142. The van der Waals surface area contributed by atoms with Crippen LogP contribution in [0.3, 0.4) is 0 Å². The standard InChI is InChI=1S/C27H19ClN6O2/c1-17(35)36-16-21-15-23(32-34(21)20-7-3-2-4-8-20)25-27-31-30-26(18-11-13-19(28)14-12-18)33(27)24-10-6-5-9-22(24)29-25/h2-15H,16H2,1H3. The molecule has 0 bridgehead atoms. The summed E-state index contributed by atoms with van der Waals surface area (Å²) in [5.74, 6) is 0.304. The van der Waals surface area contributed by atoms with Gasteiger partial charge in [0, 0.05) is 17.5 Å². The van der Waals surface area contributed by atoms with Gasteiger partial charge < -0.3 is 4.74 Å². The van der Waals surface area contributed by atoms with Gasteiger partial charge in [-0.25, -0.2) is 9.67 Å². The van der Waals surface area contributed by atoms with Crippen molar-refractivity contribution in [2.24, 2.45) is 0 Å². The molecule has 0 radical (unpaired) electrons. The Bertz CT molecular complexity index is 1720. The second-order valence-corrected chi connectivity index (χ2v) is 8.62. The third-order valence-corrected chi connectivity index (χ3v) is 6.03. The van der Waals surface area contributed by atoms with Crippen molar-refractivity contribution in [2.45, 2.75) is 13.5 Å². The lowest BCUT2D eigenvalue weighted by Gasteiger charge is -2.08. The molecule has 0 aliphatic heterocycles. The molecule has 0 unspecified atom stereocenters. The van der Waals surface area contributed by atoms with E-state index >= 15 is 0 Å². The quantitative estimate of drug-likeness (QED) is 0.293. The van der Waals surface area contributed by atoms with Crippen LogP contribution in [-0.2, 0) is 16.1 Å². The number of carbonyl (C=O) groups is 1. The molecule has 0 atom stereocenters. The van der Waals surface area contributed by atoms with Gasteiger partial charge in [0.2, 0.25) is 0 Å². The molecule has 3 aromatic carbocycles. The van der Waals surface area contributed by atoms with Crippen molar-refractivity contribution in [3.63, 3.8) is 0 Å². The first-order valence-corrected chi connectivity index (χ1v) is 11.6. The van der Waals surface area contributed by atoms with Gasteiger partial charge in [-0.15, -0.1) is 10.2 Å². The molecule has 0 aliphatic rings. The molecule has 3 heterocycles. The van der Waals surface area contributed by atoms with E-state index in [2.05, 4.69) is 10.2 Å². The second kappa shape index (κ2) is 8.90. The highest BCUT2D eigenvalue weighted by molar-refractivity contribution is 6.30. The second-order valence-electron chi connectivity index (χ2n) is 8.19. The minimum atomic E-state index is -0.367. The van der Waals surface area contributed by atoms with Gasteiger partial charge in [-0.3, -0.25) is 9.20 Å². The number of esters is 1. The average molecular weight is 495 g/mol. The maximum absolute atomic E-state index is 11.5. The minimum Gasteiger partial charge on any atom is -0.459 e. The summed E-state index contributed by atoms with van der Waals surface area (Å²) in [4.78, 5) is 16.4. The number of nitrogens with zero attached hydrogens (tertiary/aromatic N) is 6. The van der Waals surface area contributed by atoms with Crippen LogP contribution in [0, 0.1) is 0 Å². The van der Waals surface area contributed by atoms with E-state index < -0.39 is 0 Å². The fourth-order valence-electron chi connectivity index (χ4n) is 4.15. The molecule has 0 N–H and O–H groups in total. The summed E-state index contributed by atoms with van der Waals surface area (Å²) in [6, 6.07) is 26.8. The fourth-order valence-corrected chi connectivity index (χ4v) is 4.27. The summed E-state index contributed by atoms with van der Waals surface area (Å²) in [5.41, 5.74) is 5.78. The van der Waals surface area contributed by atoms with E-state index in [1.54, 1.807) is 4.68 Å². The Morgan fingerprint density at radius 3 is 2.47 bits per heavy atom. The fraction of sp³-hybridized carbons (Fsp3) is 0.0741. The molecule has 0 aliphatic carbocycles. The molecule has 8 nitrogen and oxygen atoms in total. The lowest BCUT2D eigenvalue weighted by Crippen LogP contribution is -2.06. The number of ether oxygens (including phenoxy) is 1. The normalized spacial score (nSPS) is 11.3.